The number of halogens is 1. The van der Waals surface area contributed by atoms with Crippen LogP contribution in [0.15, 0.2) is 18.2 Å². The monoisotopic (exact) mass is 296 g/mol. The van der Waals surface area contributed by atoms with Crippen LogP contribution in [0, 0.1) is 5.92 Å². The van der Waals surface area contributed by atoms with Gasteiger partial charge in [0, 0.05) is 18.6 Å². The van der Waals surface area contributed by atoms with Crippen molar-refractivity contribution in [1.82, 2.24) is 4.90 Å². The van der Waals surface area contributed by atoms with Crippen LogP contribution in [0.5, 0.6) is 0 Å². The maximum Gasteiger partial charge on any atom is 0.337 e. The molecule has 0 radical (unpaired) electrons. The predicted molar refractivity (Wildman–Crippen MR) is 77.4 cm³/mol. The fraction of sp³-hybridized carbons (Fsp3) is 0.429. The zero-order chi connectivity index (χ0) is 14.7. The lowest BCUT2D eigenvalue weighted by atomic mass is 9.85. The first-order chi connectivity index (χ1) is 9.47. The molecule has 2 rings (SSSR count). The lowest BCUT2D eigenvalue weighted by molar-refractivity contribution is 0.0698. The van der Waals surface area contributed by atoms with Crippen molar-refractivity contribution < 1.29 is 14.7 Å². The van der Waals surface area contributed by atoms with Gasteiger partial charge < -0.3 is 15.3 Å². The summed E-state index contributed by atoms with van der Waals surface area (Å²) in [5.74, 6) is -0.556. The van der Waals surface area contributed by atoms with Crippen LogP contribution in [-0.2, 0) is 0 Å². The summed E-state index contributed by atoms with van der Waals surface area (Å²) in [5, 5.41) is 12.1. The third-order valence-electron chi connectivity index (χ3n) is 3.56. The Labute approximate surface area is 122 Å². The molecule has 1 fully saturated rings. The van der Waals surface area contributed by atoms with Gasteiger partial charge in [0.15, 0.2) is 0 Å². The van der Waals surface area contributed by atoms with E-state index in [0.29, 0.717) is 17.5 Å². The second-order valence-electron chi connectivity index (χ2n) is 5.10. The summed E-state index contributed by atoms with van der Waals surface area (Å²) in [6.45, 7) is 0.696. The number of nitrogens with one attached hydrogen (secondary N) is 1. The Balaban J connectivity index is 2.04. The molecule has 0 aliphatic heterocycles. The van der Waals surface area contributed by atoms with Gasteiger partial charge in [0.05, 0.1) is 11.3 Å². The standard InChI is InChI=1S/C14H17ClN2O3/c1-17(8-9-3-2-4-9)14(20)16-12-6-5-10(15)7-11(12)13(18)19/h5-7,9H,2-4,8H2,1H3,(H,16,20)(H,18,19). The smallest absolute Gasteiger partial charge is 0.337 e. The third-order valence-corrected chi connectivity index (χ3v) is 3.79. The molecule has 1 aromatic carbocycles. The zero-order valence-corrected chi connectivity index (χ0v) is 12.0. The number of anilines is 1. The van der Waals surface area contributed by atoms with E-state index >= 15 is 0 Å². The highest BCUT2D eigenvalue weighted by molar-refractivity contribution is 6.31. The first-order valence-corrected chi connectivity index (χ1v) is 6.90. The molecule has 0 aromatic heterocycles. The summed E-state index contributed by atoms with van der Waals surface area (Å²) >= 11 is 5.77. The Hall–Kier alpha value is -1.75. The maximum atomic E-state index is 12.0. The van der Waals surface area contributed by atoms with E-state index in [1.54, 1.807) is 18.0 Å². The molecule has 108 valence electrons. The number of benzene rings is 1. The van der Waals surface area contributed by atoms with Gasteiger partial charge in [-0.1, -0.05) is 18.0 Å². The van der Waals surface area contributed by atoms with Crippen molar-refractivity contribution in [3.05, 3.63) is 28.8 Å². The molecule has 6 heteroatoms. The Bertz CT molecular complexity index is 529. The van der Waals surface area contributed by atoms with E-state index in [0.717, 1.165) is 12.8 Å². The predicted octanol–water partition coefficient (Wildman–Crippen LogP) is 3.30. The normalized spacial score (nSPS) is 14.5. The van der Waals surface area contributed by atoms with Crippen LogP contribution >= 0.6 is 11.6 Å². The Morgan fingerprint density at radius 2 is 2.15 bits per heavy atom. The Kier molecular flexibility index (Phi) is 4.49. The van der Waals surface area contributed by atoms with E-state index < -0.39 is 5.97 Å². The van der Waals surface area contributed by atoms with Crippen molar-refractivity contribution in [3.8, 4) is 0 Å². The minimum Gasteiger partial charge on any atom is -0.478 e. The number of nitrogens with zero attached hydrogens (tertiary/aromatic N) is 1. The van der Waals surface area contributed by atoms with Gasteiger partial charge in [0.1, 0.15) is 0 Å². The van der Waals surface area contributed by atoms with Gasteiger partial charge >= 0.3 is 12.0 Å². The van der Waals surface area contributed by atoms with Crippen LogP contribution in [0.25, 0.3) is 0 Å². The van der Waals surface area contributed by atoms with Gasteiger partial charge in [-0.15, -0.1) is 0 Å². The lowest BCUT2D eigenvalue weighted by Crippen LogP contribution is -2.37. The lowest BCUT2D eigenvalue weighted by Gasteiger charge is -2.30. The number of urea groups is 1. The molecular formula is C14H17ClN2O3. The van der Waals surface area contributed by atoms with Crippen molar-refractivity contribution in [2.45, 2.75) is 19.3 Å². The van der Waals surface area contributed by atoms with Crippen LogP contribution in [0.3, 0.4) is 0 Å². The fourth-order valence-electron chi connectivity index (χ4n) is 2.16. The Morgan fingerprint density at radius 3 is 2.70 bits per heavy atom. The first kappa shape index (κ1) is 14.7. The molecule has 1 aliphatic carbocycles. The topological polar surface area (TPSA) is 69.6 Å². The van der Waals surface area contributed by atoms with E-state index in [-0.39, 0.29) is 17.3 Å². The molecule has 5 nitrogen and oxygen atoms in total. The zero-order valence-electron chi connectivity index (χ0n) is 11.2. The highest BCUT2D eigenvalue weighted by Crippen LogP contribution is 2.27. The summed E-state index contributed by atoms with van der Waals surface area (Å²) in [6, 6.07) is 4.07. The van der Waals surface area contributed by atoms with E-state index in [4.69, 9.17) is 16.7 Å². The summed E-state index contributed by atoms with van der Waals surface area (Å²) in [5.41, 5.74) is 0.246. The largest absolute Gasteiger partial charge is 0.478 e. The van der Waals surface area contributed by atoms with Crippen molar-refractivity contribution in [3.63, 3.8) is 0 Å². The van der Waals surface area contributed by atoms with Gasteiger partial charge in [-0.2, -0.15) is 0 Å². The van der Waals surface area contributed by atoms with Crippen molar-refractivity contribution in [2.75, 3.05) is 18.9 Å². The van der Waals surface area contributed by atoms with Gasteiger partial charge in [0.2, 0.25) is 0 Å². The van der Waals surface area contributed by atoms with Crippen LogP contribution in [0.1, 0.15) is 29.6 Å². The van der Waals surface area contributed by atoms with E-state index in [1.165, 1.54) is 18.6 Å². The number of amides is 2. The van der Waals surface area contributed by atoms with Gasteiger partial charge in [-0.25, -0.2) is 9.59 Å². The molecule has 1 aliphatic rings. The number of hydrogen-bond donors (Lipinski definition) is 2. The molecule has 0 spiro atoms. The van der Waals surface area contributed by atoms with Gasteiger partial charge in [0.25, 0.3) is 0 Å². The molecule has 0 bridgehead atoms. The number of carbonyl (C=O) groups is 2. The minimum absolute atomic E-state index is 0.0112. The second-order valence-corrected chi connectivity index (χ2v) is 5.54. The number of rotatable bonds is 4. The average molecular weight is 297 g/mol. The van der Waals surface area contributed by atoms with Crippen LogP contribution in [0.4, 0.5) is 10.5 Å². The number of carboxylic acid groups (broad SMARTS) is 1. The van der Waals surface area contributed by atoms with Gasteiger partial charge in [-0.3, -0.25) is 0 Å². The van der Waals surface area contributed by atoms with Crippen molar-refractivity contribution in [1.29, 1.82) is 0 Å². The summed E-state index contributed by atoms with van der Waals surface area (Å²) < 4.78 is 0. The fourth-order valence-corrected chi connectivity index (χ4v) is 2.33. The highest BCUT2D eigenvalue weighted by atomic mass is 35.5. The highest BCUT2D eigenvalue weighted by Gasteiger charge is 2.22. The van der Waals surface area contributed by atoms with Crippen LogP contribution < -0.4 is 5.32 Å². The number of hydrogen-bond acceptors (Lipinski definition) is 2. The van der Waals surface area contributed by atoms with E-state index in [1.807, 2.05) is 0 Å². The molecule has 20 heavy (non-hydrogen) atoms. The van der Waals surface area contributed by atoms with Gasteiger partial charge in [-0.05, 0) is 37.0 Å². The molecule has 1 saturated carbocycles. The molecular weight excluding hydrogens is 280 g/mol. The number of carbonyl (C=O) groups excluding carboxylic acids is 1. The molecule has 0 atom stereocenters. The third kappa shape index (κ3) is 3.42. The van der Waals surface area contributed by atoms with Crippen molar-refractivity contribution in [2.24, 2.45) is 5.92 Å². The molecule has 2 amide bonds. The van der Waals surface area contributed by atoms with Crippen molar-refractivity contribution >= 4 is 29.3 Å². The van der Waals surface area contributed by atoms with E-state index in [2.05, 4.69) is 5.32 Å². The quantitative estimate of drug-likeness (QED) is 0.895. The first-order valence-electron chi connectivity index (χ1n) is 6.52. The minimum atomic E-state index is -1.12. The van der Waals surface area contributed by atoms with Crippen LogP contribution in [-0.4, -0.2) is 35.6 Å². The molecule has 2 N–H and O–H groups in total. The summed E-state index contributed by atoms with van der Waals surface area (Å²) in [4.78, 5) is 24.8. The second kappa shape index (κ2) is 6.13. The maximum absolute atomic E-state index is 12.0. The molecule has 0 unspecified atom stereocenters. The molecule has 1 aromatic rings. The van der Waals surface area contributed by atoms with Crippen LogP contribution in [0.2, 0.25) is 5.02 Å². The Morgan fingerprint density at radius 1 is 1.45 bits per heavy atom. The summed E-state index contributed by atoms with van der Waals surface area (Å²) in [6.07, 6.45) is 3.53. The average Bonchev–Trinajstić information content (AvgIpc) is 2.35. The number of carboxylic acids is 1. The molecule has 0 saturated heterocycles. The summed E-state index contributed by atoms with van der Waals surface area (Å²) in [7, 11) is 1.71. The van der Waals surface area contributed by atoms with E-state index in [9.17, 15) is 9.59 Å². The number of aromatic carboxylic acids is 1. The SMILES string of the molecule is CN(CC1CCC1)C(=O)Nc1ccc(Cl)cc1C(=O)O. The molecule has 0 heterocycles.